The molecule has 0 saturated carbocycles. The van der Waals surface area contributed by atoms with Gasteiger partial charge in [0.05, 0.1) is 0 Å². The van der Waals surface area contributed by atoms with Crippen molar-refractivity contribution < 1.29 is 96.1 Å². The van der Waals surface area contributed by atoms with E-state index in [1.165, 1.54) is 0 Å². The third kappa shape index (κ3) is 9.67. The molecule has 0 unspecified atom stereocenters. The van der Waals surface area contributed by atoms with Gasteiger partial charge in [-0.2, -0.15) is 0 Å². The van der Waals surface area contributed by atoms with Crippen molar-refractivity contribution in [3.8, 4) is 67.9 Å². The number of hydrogen-bond acceptors (Lipinski definition) is 6. The van der Waals surface area contributed by atoms with Crippen LogP contribution in [0.3, 0.4) is 0 Å². The molecule has 0 aromatic heterocycles. The van der Waals surface area contributed by atoms with E-state index in [0.717, 1.165) is 0 Å². The van der Waals surface area contributed by atoms with Crippen molar-refractivity contribution in [2.75, 3.05) is 0 Å². The van der Waals surface area contributed by atoms with E-state index in [1.807, 2.05) is 36.4 Å². The summed E-state index contributed by atoms with van der Waals surface area (Å²) in [5, 5.41) is 57.5. The molecule has 6 rings (SSSR count). The van der Waals surface area contributed by atoms with Gasteiger partial charge in [0.15, 0.2) is 0 Å². The van der Waals surface area contributed by atoms with Gasteiger partial charge < -0.3 is 30.6 Å². The Morgan fingerprint density at radius 2 is 0.318 bits per heavy atom. The Hall–Kier alpha value is -3.67. The molecular formula is C36H30O6Y2. The van der Waals surface area contributed by atoms with Gasteiger partial charge in [0.1, 0.15) is 34.5 Å². The summed E-state index contributed by atoms with van der Waals surface area (Å²) in [7, 11) is 0. The van der Waals surface area contributed by atoms with Gasteiger partial charge in [-0.25, -0.2) is 0 Å². The van der Waals surface area contributed by atoms with Gasteiger partial charge >= 0.3 is 0 Å². The summed E-state index contributed by atoms with van der Waals surface area (Å²) in [5.41, 5.74) is 3.86. The van der Waals surface area contributed by atoms with Crippen LogP contribution in [0.5, 0.6) is 34.5 Å². The fraction of sp³-hybridized carbons (Fsp3) is 0. The molecule has 0 fully saturated rings. The molecule has 2 radical (unpaired) electrons. The maximum absolute atomic E-state index is 9.58. The molecule has 0 saturated heterocycles. The predicted octanol–water partition coefficient (Wildman–Crippen LogP) is 8.29. The Labute approximate surface area is 306 Å². The summed E-state index contributed by atoms with van der Waals surface area (Å²) in [6.45, 7) is 0. The topological polar surface area (TPSA) is 121 Å². The van der Waals surface area contributed by atoms with Crippen molar-refractivity contribution >= 4 is 0 Å². The molecule has 6 aromatic carbocycles. The van der Waals surface area contributed by atoms with Gasteiger partial charge in [-0.1, -0.05) is 109 Å². The molecule has 0 bridgehead atoms. The predicted molar refractivity (Wildman–Crippen MR) is 166 cm³/mol. The molecule has 6 nitrogen and oxygen atoms in total. The Bertz CT molecular complexity index is 1440. The third-order valence-electron chi connectivity index (χ3n) is 6.29. The van der Waals surface area contributed by atoms with Crippen LogP contribution in [-0.2, 0) is 65.4 Å². The maximum Gasteiger partial charge on any atom is 0.123 e. The second-order valence-electron chi connectivity index (χ2n) is 9.10. The van der Waals surface area contributed by atoms with Crippen molar-refractivity contribution in [3.63, 3.8) is 0 Å². The normalized spacial score (nSPS) is 9.55. The van der Waals surface area contributed by atoms with E-state index in [0.29, 0.717) is 33.4 Å². The second-order valence-corrected chi connectivity index (χ2v) is 9.10. The van der Waals surface area contributed by atoms with Crippen molar-refractivity contribution in [2.45, 2.75) is 0 Å². The number of phenols is 6. The minimum atomic E-state index is 0. The number of para-hydroxylation sites is 6. The van der Waals surface area contributed by atoms with Gasteiger partial charge in [0, 0.05) is 98.8 Å². The maximum atomic E-state index is 9.58. The Kier molecular flexibility index (Phi) is 15.1. The molecule has 0 spiro atoms. The summed E-state index contributed by atoms with van der Waals surface area (Å²) < 4.78 is 0. The zero-order valence-corrected chi connectivity index (χ0v) is 29.4. The fourth-order valence-electron chi connectivity index (χ4n) is 4.21. The molecule has 216 valence electrons. The van der Waals surface area contributed by atoms with Crippen LogP contribution >= 0.6 is 0 Å². The molecule has 0 atom stereocenters. The van der Waals surface area contributed by atoms with Gasteiger partial charge in [-0.05, 0) is 36.4 Å². The minimum Gasteiger partial charge on any atom is -0.507 e. The van der Waals surface area contributed by atoms with E-state index in [-0.39, 0.29) is 99.9 Å². The van der Waals surface area contributed by atoms with E-state index in [2.05, 4.69) is 0 Å². The summed E-state index contributed by atoms with van der Waals surface area (Å²) in [6, 6.07) is 41.6. The van der Waals surface area contributed by atoms with Crippen molar-refractivity contribution in [1.82, 2.24) is 0 Å². The molecule has 44 heavy (non-hydrogen) atoms. The Morgan fingerprint density at radius 1 is 0.205 bits per heavy atom. The summed E-state index contributed by atoms with van der Waals surface area (Å²) in [4.78, 5) is 0. The van der Waals surface area contributed by atoms with Gasteiger partial charge in [-0.15, -0.1) is 0 Å². The first kappa shape index (κ1) is 36.5. The van der Waals surface area contributed by atoms with Crippen LogP contribution in [0, 0.1) is 0 Å². The molecule has 0 amide bonds. The van der Waals surface area contributed by atoms with E-state index in [9.17, 15) is 30.6 Å². The van der Waals surface area contributed by atoms with Crippen molar-refractivity contribution in [3.05, 3.63) is 146 Å². The average molecular weight is 736 g/mol. The first-order valence-electron chi connectivity index (χ1n) is 13.1. The van der Waals surface area contributed by atoms with Crippen LogP contribution < -0.4 is 0 Å². The standard InChI is InChI=1S/3C12H10O2.2Y/c3*13-11-7-3-1-5-9(11)10-6-2-4-8-12(10)14;;/h3*1-8,13-14H;;. The van der Waals surface area contributed by atoms with E-state index >= 15 is 0 Å². The SMILES string of the molecule is Oc1ccccc1-c1ccccc1O.Oc1ccccc1-c1ccccc1O.Oc1ccccc1-c1ccccc1O.[Y].[Y]. The Morgan fingerprint density at radius 3 is 0.432 bits per heavy atom. The smallest absolute Gasteiger partial charge is 0.123 e. The van der Waals surface area contributed by atoms with Crippen LogP contribution in [0.4, 0.5) is 0 Å². The molecule has 0 aliphatic carbocycles. The summed E-state index contributed by atoms with van der Waals surface area (Å²) in [5.74, 6) is 1.05. The van der Waals surface area contributed by atoms with Crippen molar-refractivity contribution in [2.24, 2.45) is 0 Å². The van der Waals surface area contributed by atoms with E-state index < -0.39 is 0 Å². The van der Waals surface area contributed by atoms with E-state index in [1.54, 1.807) is 109 Å². The molecule has 8 heteroatoms. The van der Waals surface area contributed by atoms with Gasteiger partial charge in [-0.3, -0.25) is 0 Å². The molecule has 0 heterocycles. The van der Waals surface area contributed by atoms with E-state index in [4.69, 9.17) is 0 Å². The van der Waals surface area contributed by atoms with Crippen LogP contribution in [0.15, 0.2) is 146 Å². The largest absolute Gasteiger partial charge is 0.507 e. The summed E-state index contributed by atoms with van der Waals surface area (Å²) >= 11 is 0. The van der Waals surface area contributed by atoms with Crippen LogP contribution in [-0.4, -0.2) is 30.6 Å². The van der Waals surface area contributed by atoms with Crippen molar-refractivity contribution in [1.29, 1.82) is 0 Å². The number of rotatable bonds is 3. The number of benzene rings is 6. The average Bonchev–Trinajstić information content (AvgIpc) is 3.00. The molecule has 6 N–H and O–H groups in total. The first-order valence-corrected chi connectivity index (χ1v) is 13.1. The monoisotopic (exact) mass is 736 g/mol. The molecule has 6 aromatic rings. The second kappa shape index (κ2) is 18.2. The molecular weight excluding hydrogens is 706 g/mol. The zero-order valence-electron chi connectivity index (χ0n) is 23.7. The van der Waals surface area contributed by atoms with Crippen LogP contribution in [0.1, 0.15) is 0 Å². The number of aromatic hydroxyl groups is 6. The molecule has 0 aliphatic heterocycles. The van der Waals surface area contributed by atoms with Gasteiger partial charge in [0.25, 0.3) is 0 Å². The fourth-order valence-corrected chi connectivity index (χ4v) is 4.21. The summed E-state index contributed by atoms with van der Waals surface area (Å²) in [6.07, 6.45) is 0. The minimum absolute atomic E-state index is 0. The number of phenolic OH excluding ortho intramolecular Hbond substituents is 6. The van der Waals surface area contributed by atoms with Crippen LogP contribution in [0.2, 0.25) is 0 Å². The first-order chi connectivity index (χ1) is 20.4. The number of hydrogen-bond donors (Lipinski definition) is 6. The third-order valence-corrected chi connectivity index (χ3v) is 6.29. The quantitative estimate of drug-likeness (QED) is 0.109. The van der Waals surface area contributed by atoms with Gasteiger partial charge in [0.2, 0.25) is 0 Å². The Balaban J connectivity index is 0.000000225. The molecule has 0 aliphatic rings. The zero-order chi connectivity index (χ0) is 29.9. The van der Waals surface area contributed by atoms with Crippen LogP contribution in [0.25, 0.3) is 33.4 Å².